The quantitative estimate of drug-likeness (QED) is 0.376. The number of hydrogen-bond donors (Lipinski definition) is 1. The second-order valence-corrected chi connectivity index (χ2v) is 6.59. The number of nitrogens with one attached hydrogen (secondary N) is 1. The van der Waals surface area contributed by atoms with Crippen molar-refractivity contribution in [2.24, 2.45) is 0 Å². The lowest BCUT2D eigenvalue weighted by molar-refractivity contribution is -0.142. The average molecular weight is 402 g/mol. The lowest BCUT2D eigenvalue weighted by Crippen LogP contribution is -2.16. The Kier molecular flexibility index (Phi) is 5.47. The highest BCUT2D eigenvalue weighted by molar-refractivity contribution is 5.97. The van der Waals surface area contributed by atoms with Crippen LogP contribution >= 0.6 is 0 Å². The maximum absolute atomic E-state index is 12.4. The summed E-state index contributed by atoms with van der Waals surface area (Å²) < 4.78 is 6.62. The number of carbonyl (C=O) groups is 2. The number of aromatic nitrogens is 4. The first-order chi connectivity index (χ1) is 14.6. The van der Waals surface area contributed by atoms with Gasteiger partial charge in [0, 0.05) is 12.0 Å². The molecular formula is C22H18N4O4. The number of ether oxygens (including phenoxy) is 1. The third-order valence-corrected chi connectivity index (χ3v) is 4.51. The molecule has 8 nitrogen and oxygen atoms in total. The Hall–Kier alpha value is -4.07. The minimum absolute atomic E-state index is 0.0179. The molecule has 1 N–H and O–H groups in total. The van der Waals surface area contributed by atoms with Crippen LogP contribution in [-0.4, -0.2) is 38.1 Å². The van der Waals surface area contributed by atoms with E-state index in [1.165, 1.54) is 6.20 Å². The monoisotopic (exact) mass is 402 g/mol. The van der Waals surface area contributed by atoms with Crippen molar-refractivity contribution >= 4 is 22.8 Å². The van der Waals surface area contributed by atoms with Gasteiger partial charge in [-0.1, -0.05) is 48.5 Å². The Morgan fingerprint density at radius 2 is 1.70 bits per heavy atom. The van der Waals surface area contributed by atoms with E-state index in [9.17, 15) is 14.4 Å². The van der Waals surface area contributed by atoms with Gasteiger partial charge in [-0.05, 0) is 12.1 Å². The van der Waals surface area contributed by atoms with E-state index >= 15 is 0 Å². The molecule has 2 aromatic heterocycles. The molecule has 150 valence electrons. The molecule has 0 aliphatic heterocycles. The van der Waals surface area contributed by atoms with Gasteiger partial charge in [0.05, 0.1) is 18.3 Å². The molecule has 0 aliphatic carbocycles. The number of carbonyl (C=O) groups excluding carboxylic acids is 2. The van der Waals surface area contributed by atoms with E-state index < -0.39 is 5.97 Å². The zero-order chi connectivity index (χ0) is 20.9. The molecule has 0 aliphatic rings. The zero-order valence-electron chi connectivity index (χ0n) is 15.9. The predicted octanol–water partition coefficient (Wildman–Crippen LogP) is 2.47. The Morgan fingerprint density at radius 1 is 1.00 bits per heavy atom. The van der Waals surface area contributed by atoms with Crippen molar-refractivity contribution in [3.8, 4) is 5.69 Å². The first-order valence-electron chi connectivity index (χ1n) is 9.38. The highest BCUT2D eigenvalue weighted by atomic mass is 16.5. The molecular weight excluding hydrogens is 384 g/mol. The number of nitrogens with zero attached hydrogens (tertiary/aromatic N) is 3. The fourth-order valence-electron chi connectivity index (χ4n) is 2.99. The number of para-hydroxylation sites is 1. The fraction of sp³-hybridized carbons (Fsp3) is 0.136. The van der Waals surface area contributed by atoms with Gasteiger partial charge < -0.3 is 9.72 Å². The number of hydrogen-bond acceptors (Lipinski definition) is 6. The van der Waals surface area contributed by atoms with Crippen LogP contribution in [0.3, 0.4) is 0 Å². The van der Waals surface area contributed by atoms with Gasteiger partial charge in [0.2, 0.25) is 0 Å². The van der Waals surface area contributed by atoms with Crippen LogP contribution in [0.15, 0.2) is 71.7 Å². The summed E-state index contributed by atoms with van der Waals surface area (Å²) in [6.45, 7) is -0.327. The molecule has 0 atom stereocenters. The van der Waals surface area contributed by atoms with Crippen LogP contribution in [-0.2, 0) is 16.0 Å². The highest BCUT2D eigenvalue weighted by Crippen LogP contribution is 2.14. The van der Waals surface area contributed by atoms with Gasteiger partial charge in [-0.3, -0.25) is 14.4 Å². The minimum atomic E-state index is -0.543. The van der Waals surface area contributed by atoms with E-state index in [0.29, 0.717) is 22.4 Å². The third-order valence-electron chi connectivity index (χ3n) is 4.51. The number of rotatable bonds is 7. The maximum atomic E-state index is 12.4. The van der Waals surface area contributed by atoms with Gasteiger partial charge in [0.25, 0.3) is 5.56 Å². The average Bonchev–Trinajstić information content (AvgIpc) is 3.22. The number of H-pyrrole nitrogens is 1. The number of aryl methyl sites for hydroxylation is 1. The van der Waals surface area contributed by atoms with Gasteiger partial charge >= 0.3 is 5.97 Å². The third kappa shape index (κ3) is 4.17. The van der Waals surface area contributed by atoms with E-state index in [0.717, 1.165) is 5.69 Å². The van der Waals surface area contributed by atoms with Crippen molar-refractivity contribution in [1.29, 1.82) is 0 Å². The summed E-state index contributed by atoms with van der Waals surface area (Å²) >= 11 is 0. The van der Waals surface area contributed by atoms with E-state index in [1.54, 1.807) is 35.0 Å². The van der Waals surface area contributed by atoms with E-state index in [1.807, 2.05) is 30.3 Å². The van der Waals surface area contributed by atoms with Crippen LogP contribution in [0.5, 0.6) is 0 Å². The van der Waals surface area contributed by atoms with Gasteiger partial charge in [0.15, 0.2) is 18.0 Å². The molecule has 8 heteroatoms. The smallest absolute Gasteiger partial charge is 0.306 e. The van der Waals surface area contributed by atoms with Gasteiger partial charge in [-0.25, -0.2) is 9.67 Å². The highest BCUT2D eigenvalue weighted by Gasteiger charge is 2.14. The molecule has 0 radical (unpaired) electrons. The standard InChI is InChI=1S/C22H18N4O4/c27-18(15-7-3-1-4-8-15)14-30-20(28)12-11-19-24-21-17(22(29)25-19)13-23-26(21)16-9-5-2-6-10-16/h1-10,13H,11-12,14H2,(H,24,25,29). The molecule has 0 saturated heterocycles. The summed E-state index contributed by atoms with van der Waals surface area (Å²) in [7, 11) is 0. The lowest BCUT2D eigenvalue weighted by Gasteiger charge is -2.06. The second-order valence-electron chi connectivity index (χ2n) is 6.59. The molecule has 4 rings (SSSR count). The molecule has 0 unspecified atom stereocenters. The van der Waals surface area contributed by atoms with Gasteiger partial charge in [0.1, 0.15) is 11.2 Å². The van der Waals surface area contributed by atoms with Crippen LogP contribution < -0.4 is 5.56 Å². The zero-order valence-corrected chi connectivity index (χ0v) is 15.9. The van der Waals surface area contributed by atoms with Crippen LogP contribution in [0, 0.1) is 0 Å². The van der Waals surface area contributed by atoms with Crippen molar-refractivity contribution in [3.05, 3.63) is 88.6 Å². The normalized spacial score (nSPS) is 10.8. The Morgan fingerprint density at radius 3 is 2.43 bits per heavy atom. The largest absolute Gasteiger partial charge is 0.457 e. The molecule has 4 aromatic rings. The summed E-state index contributed by atoms with van der Waals surface area (Å²) in [5, 5.41) is 4.61. The summed E-state index contributed by atoms with van der Waals surface area (Å²) in [6.07, 6.45) is 1.61. The van der Waals surface area contributed by atoms with Crippen LogP contribution in [0.1, 0.15) is 22.6 Å². The SMILES string of the molecule is O=C(CCc1nc2c(cnn2-c2ccccc2)c(=O)[nH]1)OCC(=O)c1ccccc1. The van der Waals surface area contributed by atoms with Crippen molar-refractivity contribution in [3.63, 3.8) is 0 Å². The first-order valence-corrected chi connectivity index (χ1v) is 9.38. The molecule has 0 bridgehead atoms. The number of ketones is 1. The fourth-order valence-corrected chi connectivity index (χ4v) is 2.99. The molecule has 2 heterocycles. The second kappa shape index (κ2) is 8.52. The Labute approximate surface area is 171 Å². The first kappa shape index (κ1) is 19.3. The van der Waals surface area contributed by atoms with Crippen molar-refractivity contribution in [1.82, 2.24) is 19.7 Å². The van der Waals surface area contributed by atoms with E-state index in [4.69, 9.17) is 4.74 Å². The van der Waals surface area contributed by atoms with Gasteiger partial charge in [-0.2, -0.15) is 5.10 Å². The van der Waals surface area contributed by atoms with Gasteiger partial charge in [-0.15, -0.1) is 0 Å². The summed E-state index contributed by atoms with van der Waals surface area (Å²) in [5.74, 6) is -0.473. The van der Waals surface area contributed by atoms with E-state index in [2.05, 4.69) is 15.1 Å². The number of Topliss-reactive ketones (excluding diaryl/α,β-unsaturated/α-hetero) is 1. The molecule has 2 aromatic carbocycles. The number of fused-ring (bicyclic) bond motifs is 1. The molecule has 0 spiro atoms. The number of aromatic amines is 1. The predicted molar refractivity (Wildman–Crippen MR) is 110 cm³/mol. The summed E-state index contributed by atoms with van der Waals surface area (Å²) in [5.41, 5.74) is 1.34. The summed E-state index contributed by atoms with van der Waals surface area (Å²) in [6, 6.07) is 17.9. The van der Waals surface area contributed by atoms with Crippen LogP contribution in [0.25, 0.3) is 16.7 Å². The minimum Gasteiger partial charge on any atom is -0.457 e. The number of benzene rings is 2. The lowest BCUT2D eigenvalue weighted by atomic mass is 10.1. The van der Waals surface area contributed by atoms with Crippen LogP contribution in [0.2, 0.25) is 0 Å². The maximum Gasteiger partial charge on any atom is 0.306 e. The molecule has 30 heavy (non-hydrogen) atoms. The number of esters is 1. The molecule has 0 amide bonds. The summed E-state index contributed by atoms with van der Waals surface area (Å²) in [4.78, 5) is 43.5. The van der Waals surface area contributed by atoms with E-state index in [-0.39, 0.29) is 30.8 Å². The molecule has 0 fully saturated rings. The topological polar surface area (TPSA) is 107 Å². The van der Waals surface area contributed by atoms with Crippen molar-refractivity contribution < 1.29 is 14.3 Å². The Bertz CT molecular complexity index is 1250. The van der Waals surface area contributed by atoms with Crippen molar-refractivity contribution in [2.45, 2.75) is 12.8 Å². The van der Waals surface area contributed by atoms with Crippen LogP contribution in [0.4, 0.5) is 0 Å². The Balaban J connectivity index is 1.43. The van der Waals surface area contributed by atoms with Crippen molar-refractivity contribution in [2.75, 3.05) is 6.61 Å². The molecule has 0 saturated carbocycles.